The first-order valence-electron chi connectivity index (χ1n) is 8.53. The van der Waals surface area contributed by atoms with Gasteiger partial charge in [-0.3, -0.25) is 9.79 Å². The van der Waals surface area contributed by atoms with Crippen LogP contribution in [0.1, 0.15) is 35.7 Å². The zero-order chi connectivity index (χ0) is 21.5. The normalized spacial score (nSPS) is 20.2. The van der Waals surface area contributed by atoms with Crippen LogP contribution in [0.3, 0.4) is 0 Å². The molecule has 0 amide bonds. The van der Waals surface area contributed by atoms with Gasteiger partial charge < -0.3 is 29.2 Å². The van der Waals surface area contributed by atoms with Crippen LogP contribution >= 0.6 is 0 Å². The number of hydrogen-bond acceptors (Lipinski definition) is 8. The molecule has 2 N–H and O–H groups in total. The van der Waals surface area contributed by atoms with E-state index in [2.05, 4.69) is 4.99 Å². The molecule has 0 fully saturated rings. The number of carbonyl (C=O) groups is 3. The number of allylic oxidation sites excluding steroid dienone is 1. The van der Waals surface area contributed by atoms with Crippen LogP contribution in [0.25, 0.3) is 0 Å². The summed E-state index contributed by atoms with van der Waals surface area (Å²) in [6.07, 6.45) is 0. The highest BCUT2D eigenvalue weighted by atomic mass is 16.7. The van der Waals surface area contributed by atoms with Gasteiger partial charge in [0.05, 0.1) is 19.8 Å². The molecule has 10 heteroatoms. The third-order valence-corrected chi connectivity index (χ3v) is 4.91. The number of carboxylic acids is 2. The predicted octanol–water partition coefficient (Wildman–Crippen LogP) is 1.83. The largest absolute Gasteiger partial charge is 0.493 e. The molecule has 0 bridgehead atoms. The van der Waals surface area contributed by atoms with Crippen molar-refractivity contribution >= 4 is 23.6 Å². The van der Waals surface area contributed by atoms with Gasteiger partial charge in [-0.15, -0.1) is 0 Å². The van der Waals surface area contributed by atoms with Crippen molar-refractivity contribution in [3.05, 3.63) is 28.5 Å². The van der Waals surface area contributed by atoms with Crippen molar-refractivity contribution in [2.75, 3.05) is 21.0 Å². The van der Waals surface area contributed by atoms with Crippen LogP contribution in [0.5, 0.6) is 17.2 Å². The van der Waals surface area contributed by atoms with E-state index in [1.807, 2.05) is 0 Å². The van der Waals surface area contributed by atoms with E-state index < -0.39 is 29.7 Å². The molecule has 10 nitrogen and oxygen atoms in total. The average molecular weight is 405 g/mol. The smallest absolute Gasteiger partial charge is 0.342 e. The molecule has 3 rings (SSSR count). The number of carbonyl (C=O) groups excluding carboxylic acids is 1. The maximum atomic E-state index is 12.6. The molecule has 29 heavy (non-hydrogen) atoms. The number of hydrogen-bond donors (Lipinski definition) is 2. The Hall–Kier alpha value is -3.56. The molecule has 2 heterocycles. The van der Waals surface area contributed by atoms with Gasteiger partial charge in [0, 0.05) is 17.3 Å². The number of esters is 1. The molecule has 2 aliphatic rings. The highest BCUT2D eigenvalue weighted by Gasteiger charge is 2.45. The van der Waals surface area contributed by atoms with Crippen LogP contribution in [-0.4, -0.2) is 54.8 Å². The van der Waals surface area contributed by atoms with E-state index in [1.54, 1.807) is 0 Å². The van der Waals surface area contributed by atoms with E-state index in [9.17, 15) is 24.6 Å². The number of rotatable bonds is 5. The van der Waals surface area contributed by atoms with Crippen molar-refractivity contribution in [2.24, 2.45) is 10.9 Å². The lowest BCUT2D eigenvalue weighted by molar-refractivity contribution is -0.140. The second kappa shape index (κ2) is 7.46. The molecule has 0 aliphatic carbocycles. The van der Waals surface area contributed by atoms with Crippen molar-refractivity contribution in [3.63, 3.8) is 0 Å². The molecule has 2 aliphatic heterocycles. The van der Waals surface area contributed by atoms with E-state index in [-0.39, 0.29) is 52.2 Å². The number of fused-ring (bicyclic) bond motifs is 1. The van der Waals surface area contributed by atoms with E-state index in [1.165, 1.54) is 27.0 Å². The van der Waals surface area contributed by atoms with Gasteiger partial charge in [-0.1, -0.05) is 0 Å². The number of methoxy groups -OCH3 is 2. The predicted molar refractivity (Wildman–Crippen MR) is 97.8 cm³/mol. The second-order valence-corrected chi connectivity index (χ2v) is 6.45. The standard InChI is InChI=1S/C19H19NO9/c1-7-11(17(21)22)13(12(18(23)24)8(2)20-7)9-5-10(26-3)15-16(29-6-28-15)14(9)19(25)27-4/h5,11,13H,6H2,1-4H3,(H,21,22)(H,23,24). The van der Waals surface area contributed by atoms with Crippen LogP contribution in [0.4, 0.5) is 0 Å². The topological polar surface area (TPSA) is 141 Å². The Kier molecular flexibility index (Phi) is 5.19. The average Bonchev–Trinajstić information content (AvgIpc) is 3.14. The van der Waals surface area contributed by atoms with Crippen molar-refractivity contribution in [2.45, 2.75) is 19.8 Å². The fraction of sp³-hybridized carbons (Fsp3) is 0.368. The molecule has 0 aromatic heterocycles. The SMILES string of the molecule is COC(=O)c1c(C2C(C(=O)O)=C(C)N=C(C)C2C(=O)O)cc(OC)c2c1OCO2. The summed E-state index contributed by atoms with van der Waals surface area (Å²) < 4.78 is 21.0. The van der Waals surface area contributed by atoms with Gasteiger partial charge in [0.15, 0.2) is 11.5 Å². The Morgan fingerprint density at radius 2 is 1.79 bits per heavy atom. The van der Waals surface area contributed by atoms with Gasteiger partial charge in [0.25, 0.3) is 0 Å². The van der Waals surface area contributed by atoms with Gasteiger partial charge >= 0.3 is 17.9 Å². The second-order valence-electron chi connectivity index (χ2n) is 6.45. The number of ether oxygens (including phenoxy) is 4. The summed E-state index contributed by atoms with van der Waals surface area (Å²) in [5.74, 6) is -5.67. The molecule has 0 spiro atoms. The van der Waals surface area contributed by atoms with Crippen molar-refractivity contribution < 1.29 is 43.5 Å². The van der Waals surface area contributed by atoms with Crippen molar-refractivity contribution in [1.82, 2.24) is 0 Å². The maximum absolute atomic E-state index is 12.6. The number of aliphatic imine (C=N–C) groups is 1. The van der Waals surface area contributed by atoms with Gasteiger partial charge in [-0.2, -0.15) is 0 Å². The number of nitrogens with zero attached hydrogens (tertiary/aromatic N) is 1. The van der Waals surface area contributed by atoms with Crippen molar-refractivity contribution in [3.8, 4) is 17.2 Å². The van der Waals surface area contributed by atoms with E-state index in [0.717, 1.165) is 7.11 Å². The molecule has 0 saturated heterocycles. The van der Waals surface area contributed by atoms with Crippen LogP contribution < -0.4 is 14.2 Å². The molecule has 154 valence electrons. The lowest BCUT2D eigenvalue weighted by Crippen LogP contribution is -2.35. The summed E-state index contributed by atoms with van der Waals surface area (Å²) in [7, 11) is 2.51. The zero-order valence-corrected chi connectivity index (χ0v) is 16.1. The van der Waals surface area contributed by atoms with E-state index in [0.29, 0.717) is 0 Å². The lowest BCUT2D eigenvalue weighted by Gasteiger charge is -2.31. The lowest BCUT2D eigenvalue weighted by atomic mass is 9.74. The van der Waals surface area contributed by atoms with Crippen LogP contribution in [-0.2, 0) is 14.3 Å². The third kappa shape index (κ3) is 3.16. The minimum atomic E-state index is -1.34. The summed E-state index contributed by atoms with van der Waals surface area (Å²) in [6, 6.07) is 1.38. The molecule has 1 aromatic rings. The monoisotopic (exact) mass is 405 g/mol. The molecular formula is C19H19NO9. The van der Waals surface area contributed by atoms with Crippen LogP contribution in [0.15, 0.2) is 22.3 Å². The minimum absolute atomic E-state index is 0.0119. The van der Waals surface area contributed by atoms with Gasteiger partial charge in [0.1, 0.15) is 11.5 Å². The molecular weight excluding hydrogens is 386 g/mol. The third-order valence-electron chi connectivity index (χ3n) is 4.91. The Labute approximate surface area is 165 Å². The Morgan fingerprint density at radius 3 is 2.34 bits per heavy atom. The first-order chi connectivity index (χ1) is 13.7. The Balaban J connectivity index is 2.40. The quantitative estimate of drug-likeness (QED) is 0.702. The summed E-state index contributed by atoms with van der Waals surface area (Å²) in [5, 5.41) is 19.6. The summed E-state index contributed by atoms with van der Waals surface area (Å²) >= 11 is 0. The first kappa shape index (κ1) is 20.2. The minimum Gasteiger partial charge on any atom is -0.493 e. The molecule has 0 saturated carbocycles. The fourth-order valence-corrected chi connectivity index (χ4v) is 3.74. The molecule has 2 atom stereocenters. The summed E-state index contributed by atoms with van der Waals surface area (Å²) in [4.78, 5) is 40.8. The molecule has 0 radical (unpaired) electrons. The number of carboxylic acid groups (broad SMARTS) is 2. The van der Waals surface area contributed by atoms with E-state index >= 15 is 0 Å². The fourth-order valence-electron chi connectivity index (χ4n) is 3.74. The Morgan fingerprint density at radius 1 is 1.14 bits per heavy atom. The summed E-state index contributed by atoms with van der Waals surface area (Å²) in [6.45, 7) is 2.78. The Bertz CT molecular complexity index is 976. The highest BCUT2D eigenvalue weighted by molar-refractivity contribution is 6.07. The van der Waals surface area contributed by atoms with Gasteiger partial charge in [-0.05, 0) is 25.5 Å². The number of benzene rings is 1. The van der Waals surface area contributed by atoms with Gasteiger partial charge in [-0.25, -0.2) is 9.59 Å². The summed E-state index contributed by atoms with van der Waals surface area (Å²) in [5.41, 5.74) is 0.0751. The molecule has 1 aromatic carbocycles. The number of aliphatic carboxylic acids is 2. The highest BCUT2D eigenvalue weighted by Crippen LogP contribution is 2.50. The van der Waals surface area contributed by atoms with E-state index in [4.69, 9.17) is 18.9 Å². The van der Waals surface area contributed by atoms with Crippen molar-refractivity contribution in [1.29, 1.82) is 0 Å². The van der Waals surface area contributed by atoms with Gasteiger partial charge in [0.2, 0.25) is 12.5 Å². The van der Waals surface area contributed by atoms with Crippen LogP contribution in [0.2, 0.25) is 0 Å². The molecule has 2 unspecified atom stereocenters. The van der Waals surface area contributed by atoms with Crippen LogP contribution in [0, 0.1) is 5.92 Å². The maximum Gasteiger partial charge on any atom is 0.342 e. The zero-order valence-electron chi connectivity index (χ0n) is 16.1. The first-order valence-corrected chi connectivity index (χ1v) is 8.53.